The van der Waals surface area contributed by atoms with Gasteiger partial charge < -0.3 is 14.9 Å². The Morgan fingerprint density at radius 1 is 1.23 bits per heavy atom. The number of methoxy groups -OCH3 is 1. The lowest BCUT2D eigenvalue weighted by atomic mass is 9.83. The van der Waals surface area contributed by atoms with Gasteiger partial charge in [-0.3, -0.25) is 29.4 Å². The number of carbonyl (C=O) groups is 2. The van der Waals surface area contributed by atoms with Crippen LogP contribution in [-0.2, 0) is 14.3 Å². The SMILES string of the molecule is COC(=O)[C@@H]1SC(N2C=NCC=C2CN2C3CC(O)(CC(=O)O)CC2C(F)(F)C3)=N[C@@H]1c1ccc(F)c(F)c1C. The van der Waals surface area contributed by atoms with Gasteiger partial charge in [0.2, 0.25) is 0 Å². The molecule has 2 saturated heterocycles. The highest BCUT2D eigenvalue weighted by Gasteiger charge is 2.61. The van der Waals surface area contributed by atoms with Crippen molar-refractivity contribution in [3.8, 4) is 0 Å². The zero-order valence-corrected chi connectivity index (χ0v) is 22.5. The Hall–Kier alpha value is -2.97. The summed E-state index contributed by atoms with van der Waals surface area (Å²) in [6.45, 7) is 1.71. The first-order valence-corrected chi connectivity index (χ1v) is 13.5. The maximum Gasteiger partial charge on any atom is 0.321 e. The third-order valence-electron chi connectivity index (χ3n) is 7.93. The molecule has 1 aromatic rings. The molecule has 14 heteroatoms. The van der Waals surface area contributed by atoms with Gasteiger partial charge in [0.05, 0.1) is 38.1 Å². The highest BCUT2D eigenvalue weighted by atomic mass is 32.2. The van der Waals surface area contributed by atoms with E-state index >= 15 is 8.78 Å². The van der Waals surface area contributed by atoms with Crippen LogP contribution in [0.1, 0.15) is 42.9 Å². The molecule has 5 rings (SSSR count). The predicted octanol–water partition coefficient (Wildman–Crippen LogP) is 3.26. The van der Waals surface area contributed by atoms with Crippen molar-refractivity contribution in [1.82, 2.24) is 9.80 Å². The summed E-state index contributed by atoms with van der Waals surface area (Å²) in [5, 5.41) is 19.4. The summed E-state index contributed by atoms with van der Waals surface area (Å²) >= 11 is 1.04. The van der Waals surface area contributed by atoms with Crippen molar-refractivity contribution in [2.75, 3.05) is 20.2 Å². The minimum Gasteiger partial charge on any atom is -0.481 e. The number of ether oxygens (including phenoxy) is 1. The molecule has 40 heavy (non-hydrogen) atoms. The number of aliphatic hydroxyl groups is 1. The number of carbonyl (C=O) groups excluding carboxylic acids is 1. The normalized spacial score (nSPS) is 31.2. The van der Waals surface area contributed by atoms with Gasteiger partial charge in [-0.05, 0) is 43.0 Å². The Bertz CT molecular complexity index is 1320. The standard InChI is InChI=1S/C26H28F4N4O5S/c1-13-16(3-4-17(27)20(13)28)21-22(23(37)39-2)40-24(32-21)34-12-31-6-5-14(34)11-33-15-7-25(38,10-19(35)36)9-18(33)26(29,30)8-15/h3-5,12,15,18,21-22,38H,6-11H2,1-2H3,(H,35,36)/t15?,18?,21-,22-,25?/m1/s1. The lowest BCUT2D eigenvalue weighted by Crippen LogP contribution is -2.55. The van der Waals surface area contributed by atoms with Crippen LogP contribution in [0.5, 0.6) is 0 Å². The molecule has 4 aliphatic heterocycles. The number of rotatable bonds is 6. The van der Waals surface area contributed by atoms with Crippen LogP contribution in [0.15, 0.2) is 33.9 Å². The fraction of sp³-hybridized carbons (Fsp3) is 0.538. The van der Waals surface area contributed by atoms with E-state index in [0.717, 1.165) is 17.8 Å². The second-order valence-corrected chi connectivity index (χ2v) is 11.7. The maximum atomic E-state index is 15.0. The Balaban J connectivity index is 1.43. The van der Waals surface area contributed by atoms with E-state index in [9.17, 15) is 28.6 Å². The van der Waals surface area contributed by atoms with Crippen LogP contribution in [-0.4, -0.2) is 92.5 Å². The highest BCUT2D eigenvalue weighted by molar-refractivity contribution is 8.15. The first kappa shape index (κ1) is 28.6. The van der Waals surface area contributed by atoms with Crippen LogP contribution in [0, 0.1) is 18.6 Å². The molecule has 2 fully saturated rings. The number of carboxylic acid groups (broad SMARTS) is 1. The van der Waals surface area contributed by atoms with Crippen molar-refractivity contribution in [3.05, 3.63) is 46.7 Å². The zero-order chi connectivity index (χ0) is 29.0. The van der Waals surface area contributed by atoms with E-state index in [-0.39, 0.29) is 31.5 Å². The van der Waals surface area contributed by atoms with Crippen LogP contribution in [0.4, 0.5) is 17.6 Å². The molecule has 5 atom stereocenters. The number of halogens is 4. The molecule has 0 aromatic heterocycles. The fourth-order valence-electron chi connectivity index (χ4n) is 6.05. The average molecular weight is 585 g/mol. The molecule has 0 aliphatic carbocycles. The second kappa shape index (κ2) is 10.5. The smallest absolute Gasteiger partial charge is 0.321 e. The van der Waals surface area contributed by atoms with E-state index in [0.29, 0.717) is 16.4 Å². The van der Waals surface area contributed by atoms with Crippen molar-refractivity contribution in [3.63, 3.8) is 0 Å². The van der Waals surface area contributed by atoms with Crippen molar-refractivity contribution in [2.45, 2.75) is 67.5 Å². The third-order valence-corrected chi connectivity index (χ3v) is 9.14. The Morgan fingerprint density at radius 3 is 2.65 bits per heavy atom. The maximum absolute atomic E-state index is 15.0. The largest absolute Gasteiger partial charge is 0.481 e. The van der Waals surface area contributed by atoms with Crippen LogP contribution in [0.3, 0.4) is 0 Å². The van der Waals surface area contributed by atoms with E-state index in [4.69, 9.17) is 4.74 Å². The van der Waals surface area contributed by atoms with Gasteiger partial charge in [0, 0.05) is 24.7 Å². The number of esters is 1. The van der Waals surface area contributed by atoms with Crippen LogP contribution in [0.2, 0.25) is 0 Å². The molecular formula is C26H28F4N4O5S. The molecule has 0 radical (unpaired) electrons. The number of thioether (sulfide) groups is 1. The lowest BCUT2D eigenvalue weighted by molar-refractivity contribution is -0.148. The molecule has 4 aliphatic rings. The molecule has 216 valence electrons. The topological polar surface area (TPSA) is 115 Å². The zero-order valence-electron chi connectivity index (χ0n) is 21.7. The van der Waals surface area contributed by atoms with Gasteiger partial charge in [0.25, 0.3) is 5.92 Å². The summed E-state index contributed by atoms with van der Waals surface area (Å²) in [4.78, 5) is 36.0. The van der Waals surface area contributed by atoms with Crippen molar-refractivity contribution >= 4 is 35.2 Å². The molecule has 0 saturated carbocycles. The molecular weight excluding hydrogens is 556 g/mol. The summed E-state index contributed by atoms with van der Waals surface area (Å²) in [7, 11) is 1.21. The molecule has 3 unspecified atom stereocenters. The number of aliphatic imine (C=N–C) groups is 2. The molecule has 4 heterocycles. The number of piperidine rings is 1. The predicted molar refractivity (Wildman–Crippen MR) is 138 cm³/mol. The molecule has 9 nitrogen and oxygen atoms in total. The summed E-state index contributed by atoms with van der Waals surface area (Å²) in [5.41, 5.74) is -0.853. The number of nitrogens with zero attached hydrogens (tertiary/aromatic N) is 4. The Labute approximate surface area is 231 Å². The second-order valence-electron chi connectivity index (χ2n) is 10.6. The first-order chi connectivity index (χ1) is 18.8. The van der Waals surface area contributed by atoms with Gasteiger partial charge in [-0.1, -0.05) is 17.8 Å². The van der Waals surface area contributed by atoms with Gasteiger partial charge in [-0.2, -0.15) is 0 Å². The Kier molecular flexibility index (Phi) is 7.46. The number of fused-ring (bicyclic) bond motifs is 2. The number of carboxylic acids is 1. The quantitative estimate of drug-likeness (QED) is 0.387. The molecule has 2 bridgehead atoms. The van der Waals surface area contributed by atoms with Gasteiger partial charge >= 0.3 is 11.9 Å². The van der Waals surface area contributed by atoms with Crippen molar-refractivity contribution in [2.24, 2.45) is 9.98 Å². The average Bonchev–Trinajstić information content (AvgIpc) is 3.38. The third kappa shape index (κ3) is 5.12. The van der Waals surface area contributed by atoms with Crippen molar-refractivity contribution < 1.29 is 42.1 Å². The van der Waals surface area contributed by atoms with Crippen LogP contribution in [0.25, 0.3) is 0 Å². The van der Waals surface area contributed by atoms with E-state index in [2.05, 4.69) is 9.98 Å². The lowest BCUT2D eigenvalue weighted by Gasteiger charge is -2.44. The summed E-state index contributed by atoms with van der Waals surface area (Å²) < 4.78 is 63.1. The monoisotopic (exact) mass is 584 g/mol. The summed E-state index contributed by atoms with van der Waals surface area (Å²) in [5.74, 6) is -7.06. The Morgan fingerprint density at radius 2 is 1.98 bits per heavy atom. The number of hydrogen-bond acceptors (Lipinski definition) is 9. The number of hydrogen-bond donors (Lipinski definition) is 2. The van der Waals surface area contributed by atoms with E-state index in [1.54, 1.807) is 15.9 Å². The van der Waals surface area contributed by atoms with Gasteiger partial charge in [-0.25, -0.2) is 17.6 Å². The first-order valence-electron chi connectivity index (χ1n) is 12.7. The fourth-order valence-corrected chi connectivity index (χ4v) is 7.26. The number of benzene rings is 1. The molecule has 0 spiro atoms. The highest BCUT2D eigenvalue weighted by Crippen LogP contribution is 2.50. The molecule has 2 N–H and O–H groups in total. The van der Waals surface area contributed by atoms with Gasteiger partial charge in [0.1, 0.15) is 11.3 Å². The number of amidine groups is 1. The summed E-state index contributed by atoms with van der Waals surface area (Å²) in [6, 6.07) is -0.682. The van der Waals surface area contributed by atoms with Crippen molar-refractivity contribution in [1.29, 1.82) is 0 Å². The van der Waals surface area contributed by atoms with E-state index in [1.165, 1.54) is 26.4 Å². The number of aliphatic carboxylic acids is 1. The van der Waals surface area contributed by atoms with Gasteiger partial charge in [-0.15, -0.1) is 0 Å². The number of alkyl halides is 2. The van der Waals surface area contributed by atoms with E-state index < -0.39 is 71.3 Å². The van der Waals surface area contributed by atoms with Crippen LogP contribution < -0.4 is 0 Å². The summed E-state index contributed by atoms with van der Waals surface area (Å²) in [6.07, 6.45) is 1.60. The minimum absolute atomic E-state index is 0.00792. The van der Waals surface area contributed by atoms with Gasteiger partial charge in [0.15, 0.2) is 16.8 Å². The van der Waals surface area contributed by atoms with E-state index in [1.807, 2.05) is 0 Å². The molecule has 0 amide bonds. The van der Waals surface area contributed by atoms with Crippen LogP contribution >= 0.6 is 11.8 Å². The minimum atomic E-state index is -3.12. The molecule has 1 aromatic carbocycles.